The van der Waals surface area contributed by atoms with Crippen LogP contribution in [0.25, 0.3) is 16.9 Å². The zero-order valence-corrected chi connectivity index (χ0v) is 15.4. The van der Waals surface area contributed by atoms with Gasteiger partial charge in [-0.2, -0.15) is 0 Å². The predicted octanol–water partition coefficient (Wildman–Crippen LogP) is 3.60. The highest BCUT2D eigenvalue weighted by Crippen LogP contribution is 2.24. The zero-order chi connectivity index (χ0) is 18.9. The molecule has 1 aliphatic rings. The lowest BCUT2D eigenvalue weighted by atomic mass is 10.2. The summed E-state index contributed by atoms with van der Waals surface area (Å²) in [4.78, 5) is 25.7. The summed E-state index contributed by atoms with van der Waals surface area (Å²) in [5.41, 5.74) is 3.32. The normalized spacial score (nSPS) is 13.9. The van der Waals surface area contributed by atoms with Crippen molar-refractivity contribution in [3.8, 4) is 5.82 Å². The number of rotatable bonds is 3. The molecule has 4 aromatic rings. The van der Waals surface area contributed by atoms with Gasteiger partial charge in [-0.15, -0.1) is 0 Å². The molecule has 28 heavy (non-hydrogen) atoms. The van der Waals surface area contributed by atoms with E-state index >= 15 is 0 Å². The van der Waals surface area contributed by atoms with Crippen molar-refractivity contribution in [3.63, 3.8) is 0 Å². The quantitative estimate of drug-likeness (QED) is 0.596. The number of benzene rings is 1. The highest BCUT2D eigenvalue weighted by atomic mass is 16.1. The van der Waals surface area contributed by atoms with Crippen LogP contribution in [0.2, 0.25) is 0 Å². The fourth-order valence-electron chi connectivity index (χ4n) is 3.70. The van der Waals surface area contributed by atoms with E-state index in [2.05, 4.69) is 19.9 Å². The standard InChI is InChI=1S/C21H20N6O/c28-21(15-5-8-19(23-13-15)26-11-9-22-14-26)24-16-6-7-18-17(12-16)25-20-4-2-1-3-10-27(18)20/h5-9,11-14H,1-4,10H2,(H,24,28). The minimum Gasteiger partial charge on any atom is -0.328 e. The van der Waals surface area contributed by atoms with Crippen LogP contribution in [0.5, 0.6) is 0 Å². The molecule has 7 nitrogen and oxygen atoms in total. The molecule has 7 heteroatoms. The van der Waals surface area contributed by atoms with Crippen LogP contribution in [-0.2, 0) is 13.0 Å². The fourth-order valence-corrected chi connectivity index (χ4v) is 3.70. The number of amides is 1. The monoisotopic (exact) mass is 372 g/mol. The number of imidazole rings is 2. The number of nitrogens with zero attached hydrogens (tertiary/aromatic N) is 5. The van der Waals surface area contributed by atoms with E-state index in [0.717, 1.165) is 41.3 Å². The molecule has 1 aliphatic heterocycles. The minimum atomic E-state index is -0.190. The van der Waals surface area contributed by atoms with Crippen molar-refractivity contribution in [2.45, 2.75) is 32.2 Å². The number of anilines is 1. The summed E-state index contributed by atoms with van der Waals surface area (Å²) >= 11 is 0. The number of hydrogen-bond acceptors (Lipinski definition) is 4. The van der Waals surface area contributed by atoms with Gasteiger partial charge in [-0.25, -0.2) is 15.0 Å². The molecule has 5 rings (SSSR count). The van der Waals surface area contributed by atoms with E-state index in [1.165, 1.54) is 19.3 Å². The van der Waals surface area contributed by atoms with E-state index in [1.54, 1.807) is 35.4 Å². The van der Waals surface area contributed by atoms with Crippen molar-refractivity contribution < 1.29 is 4.79 Å². The summed E-state index contributed by atoms with van der Waals surface area (Å²) in [5, 5.41) is 2.95. The third-order valence-electron chi connectivity index (χ3n) is 5.15. The van der Waals surface area contributed by atoms with Crippen molar-refractivity contribution in [1.29, 1.82) is 0 Å². The van der Waals surface area contributed by atoms with E-state index in [0.29, 0.717) is 5.56 Å². The second-order valence-electron chi connectivity index (χ2n) is 7.02. The van der Waals surface area contributed by atoms with Gasteiger partial charge < -0.3 is 9.88 Å². The highest BCUT2D eigenvalue weighted by Gasteiger charge is 2.14. The van der Waals surface area contributed by atoms with Crippen LogP contribution in [0.1, 0.15) is 35.4 Å². The molecule has 4 heterocycles. The molecular formula is C21H20N6O. The third kappa shape index (κ3) is 3.05. The van der Waals surface area contributed by atoms with E-state index in [9.17, 15) is 4.79 Å². The molecule has 1 N–H and O–H groups in total. The molecule has 0 spiro atoms. The number of pyridine rings is 1. The van der Waals surface area contributed by atoms with Crippen LogP contribution in [0.3, 0.4) is 0 Å². The van der Waals surface area contributed by atoms with Crippen LogP contribution in [0, 0.1) is 0 Å². The summed E-state index contributed by atoms with van der Waals surface area (Å²) in [6.45, 7) is 1.02. The summed E-state index contributed by atoms with van der Waals surface area (Å²) in [6.07, 6.45) is 11.4. The summed E-state index contributed by atoms with van der Waals surface area (Å²) in [6, 6.07) is 9.49. The molecule has 0 saturated heterocycles. The smallest absolute Gasteiger partial charge is 0.257 e. The van der Waals surface area contributed by atoms with Gasteiger partial charge in [-0.1, -0.05) is 6.42 Å². The first-order chi connectivity index (χ1) is 13.8. The number of aromatic nitrogens is 5. The molecule has 0 atom stereocenters. The lowest BCUT2D eigenvalue weighted by molar-refractivity contribution is 0.102. The van der Waals surface area contributed by atoms with Gasteiger partial charge in [0.05, 0.1) is 16.6 Å². The van der Waals surface area contributed by atoms with Crippen molar-refractivity contribution in [1.82, 2.24) is 24.1 Å². The number of carbonyl (C=O) groups is 1. The summed E-state index contributed by atoms with van der Waals surface area (Å²) in [7, 11) is 0. The average molecular weight is 372 g/mol. The molecule has 0 saturated carbocycles. The fraction of sp³-hybridized carbons (Fsp3) is 0.238. The SMILES string of the molecule is O=C(Nc1ccc2c(c1)nc1n2CCCCC1)c1ccc(-n2ccnc2)nc1. The van der Waals surface area contributed by atoms with Crippen LogP contribution in [0.15, 0.2) is 55.2 Å². The molecular weight excluding hydrogens is 352 g/mol. The molecule has 140 valence electrons. The maximum atomic E-state index is 12.6. The number of aryl methyl sites for hydroxylation is 2. The third-order valence-corrected chi connectivity index (χ3v) is 5.15. The first kappa shape index (κ1) is 16.7. The Kier molecular flexibility index (Phi) is 4.12. The molecule has 1 aromatic carbocycles. The average Bonchev–Trinajstić information content (AvgIpc) is 3.31. The van der Waals surface area contributed by atoms with Gasteiger partial charge in [0.1, 0.15) is 18.0 Å². The number of hydrogen-bond donors (Lipinski definition) is 1. The van der Waals surface area contributed by atoms with Crippen molar-refractivity contribution in [3.05, 3.63) is 66.6 Å². The molecule has 3 aromatic heterocycles. The van der Waals surface area contributed by atoms with E-state index in [1.807, 2.05) is 24.4 Å². The Balaban J connectivity index is 1.36. The summed E-state index contributed by atoms with van der Waals surface area (Å²) < 4.78 is 4.10. The van der Waals surface area contributed by atoms with Gasteiger partial charge in [0.15, 0.2) is 0 Å². The molecule has 0 fully saturated rings. The molecule has 1 amide bonds. The first-order valence-electron chi connectivity index (χ1n) is 9.53. The van der Waals surface area contributed by atoms with Crippen LogP contribution >= 0.6 is 0 Å². The Labute approximate surface area is 162 Å². The molecule has 0 unspecified atom stereocenters. The molecule has 0 aliphatic carbocycles. The van der Waals surface area contributed by atoms with Crippen LogP contribution in [-0.4, -0.2) is 30.0 Å². The zero-order valence-electron chi connectivity index (χ0n) is 15.4. The van der Waals surface area contributed by atoms with Gasteiger partial charge in [0, 0.05) is 37.2 Å². The van der Waals surface area contributed by atoms with Gasteiger partial charge in [0.25, 0.3) is 5.91 Å². The number of nitrogens with one attached hydrogen (secondary N) is 1. The van der Waals surface area contributed by atoms with E-state index < -0.39 is 0 Å². The second-order valence-corrected chi connectivity index (χ2v) is 7.02. The number of fused-ring (bicyclic) bond motifs is 3. The lowest BCUT2D eigenvalue weighted by Crippen LogP contribution is -2.12. The second kappa shape index (κ2) is 6.92. The molecule has 0 bridgehead atoms. The van der Waals surface area contributed by atoms with Crippen molar-refractivity contribution in [2.75, 3.05) is 5.32 Å². The van der Waals surface area contributed by atoms with Crippen molar-refractivity contribution in [2.24, 2.45) is 0 Å². The van der Waals surface area contributed by atoms with Crippen LogP contribution < -0.4 is 5.32 Å². The van der Waals surface area contributed by atoms with E-state index in [-0.39, 0.29) is 5.91 Å². The summed E-state index contributed by atoms with van der Waals surface area (Å²) in [5.74, 6) is 1.68. The first-order valence-corrected chi connectivity index (χ1v) is 9.53. The largest absolute Gasteiger partial charge is 0.328 e. The topological polar surface area (TPSA) is 77.6 Å². The maximum absolute atomic E-state index is 12.6. The highest BCUT2D eigenvalue weighted by molar-refractivity contribution is 6.04. The van der Waals surface area contributed by atoms with Gasteiger partial charge >= 0.3 is 0 Å². The Morgan fingerprint density at radius 3 is 2.89 bits per heavy atom. The Morgan fingerprint density at radius 2 is 2.07 bits per heavy atom. The Bertz CT molecular complexity index is 1130. The van der Waals surface area contributed by atoms with E-state index in [4.69, 9.17) is 4.98 Å². The van der Waals surface area contributed by atoms with Gasteiger partial charge in [-0.05, 0) is 43.2 Å². The predicted molar refractivity (Wildman–Crippen MR) is 107 cm³/mol. The molecule has 0 radical (unpaired) electrons. The van der Waals surface area contributed by atoms with Crippen LogP contribution in [0.4, 0.5) is 5.69 Å². The van der Waals surface area contributed by atoms with Crippen molar-refractivity contribution >= 4 is 22.6 Å². The Morgan fingerprint density at radius 1 is 1.11 bits per heavy atom. The number of carbonyl (C=O) groups excluding carboxylic acids is 1. The minimum absolute atomic E-state index is 0.190. The maximum Gasteiger partial charge on any atom is 0.257 e. The van der Waals surface area contributed by atoms with Gasteiger partial charge in [0.2, 0.25) is 0 Å². The lowest BCUT2D eigenvalue weighted by Gasteiger charge is -2.07. The Hall–Kier alpha value is -3.48. The van der Waals surface area contributed by atoms with Gasteiger partial charge in [-0.3, -0.25) is 9.36 Å².